The first-order valence-corrected chi connectivity index (χ1v) is 7.54. The van der Waals surface area contributed by atoms with E-state index >= 15 is 0 Å². The molecule has 2 rings (SSSR count). The molecule has 7 heteroatoms. The van der Waals surface area contributed by atoms with E-state index in [9.17, 15) is 17.6 Å². The molecular formula is C11H11ClFNO3S. The van der Waals surface area contributed by atoms with Crippen LogP contribution in [0.15, 0.2) is 18.2 Å². The molecule has 1 unspecified atom stereocenters. The highest BCUT2D eigenvalue weighted by Gasteiger charge is 2.29. The van der Waals surface area contributed by atoms with E-state index in [1.54, 1.807) is 0 Å². The number of rotatable bonds is 2. The van der Waals surface area contributed by atoms with Crippen molar-refractivity contribution < 1.29 is 17.6 Å². The van der Waals surface area contributed by atoms with Crippen LogP contribution in [0, 0.1) is 5.82 Å². The number of nitrogens with one attached hydrogen (secondary N) is 1. The van der Waals surface area contributed by atoms with Gasteiger partial charge in [0.05, 0.1) is 17.1 Å². The van der Waals surface area contributed by atoms with Gasteiger partial charge in [-0.2, -0.15) is 0 Å². The minimum atomic E-state index is -3.08. The van der Waals surface area contributed by atoms with Crippen LogP contribution >= 0.6 is 11.6 Å². The first-order valence-electron chi connectivity index (χ1n) is 5.34. The number of benzene rings is 1. The third kappa shape index (κ3) is 3.00. The molecule has 0 radical (unpaired) electrons. The molecule has 0 saturated carbocycles. The fraction of sp³-hybridized carbons (Fsp3) is 0.364. The Balaban J connectivity index is 2.11. The van der Waals surface area contributed by atoms with Crippen molar-refractivity contribution in [3.63, 3.8) is 0 Å². The Labute approximate surface area is 109 Å². The summed E-state index contributed by atoms with van der Waals surface area (Å²) in [6, 6.07) is 3.20. The van der Waals surface area contributed by atoms with Crippen LogP contribution in [0.4, 0.5) is 4.39 Å². The highest BCUT2D eigenvalue weighted by Crippen LogP contribution is 2.16. The molecule has 18 heavy (non-hydrogen) atoms. The Kier molecular flexibility index (Phi) is 3.59. The standard InChI is InChI=1S/C11H11ClFNO3S/c12-7-1-2-10(13)9(5-7)11(15)14-8-3-4-18(16,17)6-8/h1-2,5,8H,3-4,6H2,(H,14,15). The van der Waals surface area contributed by atoms with Crippen molar-refractivity contribution in [2.45, 2.75) is 12.5 Å². The Hall–Kier alpha value is -1.14. The summed E-state index contributed by atoms with van der Waals surface area (Å²) in [6.07, 6.45) is 0.357. The predicted octanol–water partition coefficient (Wildman–Crippen LogP) is 1.40. The van der Waals surface area contributed by atoms with Crippen molar-refractivity contribution in [3.05, 3.63) is 34.6 Å². The molecule has 1 aromatic rings. The van der Waals surface area contributed by atoms with Crippen molar-refractivity contribution in [2.75, 3.05) is 11.5 Å². The van der Waals surface area contributed by atoms with Crippen LogP contribution in [-0.2, 0) is 9.84 Å². The van der Waals surface area contributed by atoms with Crippen molar-refractivity contribution in [1.82, 2.24) is 5.32 Å². The number of hydrogen-bond acceptors (Lipinski definition) is 3. The van der Waals surface area contributed by atoms with E-state index in [0.29, 0.717) is 6.42 Å². The van der Waals surface area contributed by atoms with Gasteiger partial charge >= 0.3 is 0 Å². The van der Waals surface area contributed by atoms with Gasteiger partial charge < -0.3 is 5.32 Å². The number of carbonyl (C=O) groups excluding carboxylic acids is 1. The molecule has 1 aliphatic heterocycles. The number of hydrogen-bond donors (Lipinski definition) is 1. The number of carbonyl (C=O) groups is 1. The van der Waals surface area contributed by atoms with E-state index in [4.69, 9.17) is 11.6 Å². The average molecular weight is 292 g/mol. The number of amides is 1. The molecule has 1 aromatic carbocycles. The van der Waals surface area contributed by atoms with Gasteiger partial charge in [0.15, 0.2) is 9.84 Å². The average Bonchev–Trinajstić information content (AvgIpc) is 2.61. The lowest BCUT2D eigenvalue weighted by Crippen LogP contribution is -2.36. The fourth-order valence-electron chi connectivity index (χ4n) is 1.84. The van der Waals surface area contributed by atoms with Crippen LogP contribution < -0.4 is 5.32 Å². The van der Waals surface area contributed by atoms with E-state index in [0.717, 1.165) is 6.07 Å². The third-order valence-corrected chi connectivity index (χ3v) is 4.74. The van der Waals surface area contributed by atoms with Gasteiger partial charge in [-0.05, 0) is 24.6 Å². The van der Waals surface area contributed by atoms with Gasteiger partial charge in [0.1, 0.15) is 5.82 Å². The number of sulfone groups is 1. The summed E-state index contributed by atoms with van der Waals surface area (Å²) in [5, 5.41) is 2.75. The van der Waals surface area contributed by atoms with E-state index < -0.39 is 27.6 Å². The van der Waals surface area contributed by atoms with E-state index in [-0.39, 0.29) is 22.1 Å². The Morgan fingerprint density at radius 3 is 2.78 bits per heavy atom. The van der Waals surface area contributed by atoms with Crippen LogP contribution in [0.25, 0.3) is 0 Å². The lowest BCUT2D eigenvalue weighted by molar-refractivity contribution is 0.0937. The maximum atomic E-state index is 13.4. The van der Waals surface area contributed by atoms with Crippen LogP contribution in [0.1, 0.15) is 16.8 Å². The van der Waals surface area contributed by atoms with E-state index in [1.807, 2.05) is 0 Å². The van der Waals surface area contributed by atoms with Crippen molar-refractivity contribution in [3.8, 4) is 0 Å². The zero-order chi connectivity index (χ0) is 13.3. The zero-order valence-corrected chi connectivity index (χ0v) is 10.9. The molecule has 1 heterocycles. The third-order valence-electron chi connectivity index (χ3n) is 2.74. The second-order valence-corrected chi connectivity index (χ2v) is 6.86. The summed E-state index contributed by atoms with van der Waals surface area (Å²) >= 11 is 5.68. The Bertz CT molecular complexity index is 588. The molecule has 0 spiro atoms. The minimum Gasteiger partial charge on any atom is -0.348 e. The van der Waals surface area contributed by atoms with Gasteiger partial charge in [-0.25, -0.2) is 12.8 Å². The van der Waals surface area contributed by atoms with Gasteiger partial charge in [0.2, 0.25) is 0 Å². The second kappa shape index (κ2) is 4.85. The summed E-state index contributed by atoms with van der Waals surface area (Å²) in [7, 11) is -3.08. The molecule has 1 N–H and O–H groups in total. The molecule has 0 aromatic heterocycles. The summed E-state index contributed by atoms with van der Waals surface area (Å²) in [5.74, 6) is -1.37. The monoisotopic (exact) mass is 291 g/mol. The first-order chi connectivity index (χ1) is 8.37. The number of halogens is 2. The van der Waals surface area contributed by atoms with Gasteiger partial charge in [-0.3, -0.25) is 4.79 Å². The second-order valence-electron chi connectivity index (χ2n) is 4.20. The lowest BCUT2D eigenvalue weighted by atomic mass is 10.1. The molecule has 1 atom stereocenters. The van der Waals surface area contributed by atoms with Crippen molar-refractivity contribution in [2.24, 2.45) is 0 Å². The van der Waals surface area contributed by atoms with Crippen molar-refractivity contribution >= 4 is 27.3 Å². The molecule has 0 bridgehead atoms. The van der Waals surface area contributed by atoms with Gasteiger partial charge in [0, 0.05) is 11.1 Å². The fourth-order valence-corrected chi connectivity index (χ4v) is 3.69. The Morgan fingerprint density at radius 1 is 1.44 bits per heavy atom. The maximum Gasteiger partial charge on any atom is 0.254 e. The van der Waals surface area contributed by atoms with Crippen LogP contribution in [0.2, 0.25) is 5.02 Å². The smallest absolute Gasteiger partial charge is 0.254 e. The normalized spacial score (nSPS) is 21.8. The minimum absolute atomic E-state index is 0.0516. The van der Waals surface area contributed by atoms with Gasteiger partial charge in [0.25, 0.3) is 5.91 Å². The molecule has 1 saturated heterocycles. The predicted molar refractivity (Wildman–Crippen MR) is 65.9 cm³/mol. The van der Waals surface area contributed by atoms with E-state index in [1.165, 1.54) is 12.1 Å². The highest BCUT2D eigenvalue weighted by molar-refractivity contribution is 7.91. The quantitative estimate of drug-likeness (QED) is 0.896. The summed E-state index contributed by atoms with van der Waals surface area (Å²) in [5.41, 5.74) is -0.174. The summed E-state index contributed by atoms with van der Waals surface area (Å²) in [4.78, 5) is 11.8. The molecular weight excluding hydrogens is 281 g/mol. The molecule has 1 fully saturated rings. The molecule has 1 amide bonds. The molecule has 1 aliphatic rings. The molecule has 98 valence electrons. The van der Waals surface area contributed by atoms with E-state index in [2.05, 4.69) is 5.32 Å². The SMILES string of the molecule is O=C(NC1CCS(=O)(=O)C1)c1cc(Cl)ccc1F. The maximum absolute atomic E-state index is 13.4. The van der Waals surface area contributed by atoms with Crippen LogP contribution in [0.5, 0.6) is 0 Å². The van der Waals surface area contributed by atoms with Gasteiger partial charge in [-0.1, -0.05) is 11.6 Å². The molecule has 4 nitrogen and oxygen atoms in total. The van der Waals surface area contributed by atoms with Gasteiger partial charge in [-0.15, -0.1) is 0 Å². The summed E-state index contributed by atoms with van der Waals surface area (Å²) < 4.78 is 35.9. The molecule has 0 aliphatic carbocycles. The largest absolute Gasteiger partial charge is 0.348 e. The van der Waals surface area contributed by atoms with Crippen molar-refractivity contribution in [1.29, 1.82) is 0 Å². The summed E-state index contributed by atoms with van der Waals surface area (Å²) in [6.45, 7) is 0. The van der Waals surface area contributed by atoms with Crippen LogP contribution in [-0.4, -0.2) is 31.9 Å². The Morgan fingerprint density at radius 2 is 2.17 bits per heavy atom. The van der Waals surface area contributed by atoms with Crippen LogP contribution in [0.3, 0.4) is 0 Å². The first kappa shape index (κ1) is 13.3. The lowest BCUT2D eigenvalue weighted by Gasteiger charge is -2.11. The highest BCUT2D eigenvalue weighted by atomic mass is 35.5. The zero-order valence-electron chi connectivity index (χ0n) is 9.32. The topological polar surface area (TPSA) is 63.2 Å².